The van der Waals surface area contributed by atoms with E-state index in [1.807, 2.05) is 6.92 Å². The summed E-state index contributed by atoms with van der Waals surface area (Å²) >= 11 is 0. The van der Waals surface area contributed by atoms with Gasteiger partial charge in [0.2, 0.25) is 0 Å². The molecule has 1 unspecified atom stereocenters. The Morgan fingerprint density at radius 1 is 1.18 bits per heavy atom. The van der Waals surface area contributed by atoms with Gasteiger partial charge in [-0.1, -0.05) is 27.2 Å². The van der Waals surface area contributed by atoms with Gasteiger partial charge in [-0.05, 0) is 52.4 Å². The summed E-state index contributed by atoms with van der Waals surface area (Å²) in [5, 5.41) is 12.4. The smallest absolute Gasteiger partial charge is 0.103 e. The summed E-state index contributed by atoms with van der Waals surface area (Å²) in [5.74, 6) is 0. The molecule has 0 fully saturated rings. The van der Waals surface area contributed by atoms with Gasteiger partial charge in [0.05, 0.1) is 6.07 Å². The Balaban J connectivity index is 3.90. The normalized spacial score (nSPS) is 14.6. The minimum atomic E-state index is -0.348. The Kier molecular flexibility index (Phi) is 9.11. The predicted octanol–water partition coefficient (Wildman–Crippen LogP) is 2.78. The molecule has 3 heteroatoms. The molecule has 0 aromatic carbocycles. The van der Waals surface area contributed by atoms with E-state index >= 15 is 0 Å². The lowest BCUT2D eigenvalue weighted by molar-refractivity contribution is 0.265. The quantitative estimate of drug-likeness (QED) is 0.637. The van der Waals surface area contributed by atoms with Gasteiger partial charge in [-0.25, -0.2) is 0 Å². The van der Waals surface area contributed by atoms with Gasteiger partial charge in [-0.15, -0.1) is 0 Å². The lowest BCUT2D eigenvalue weighted by Gasteiger charge is -2.25. The third kappa shape index (κ3) is 7.36. The van der Waals surface area contributed by atoms with Gasteiger partial charge >= 0.3 is 0 Å². The molecule has 0 saturated carbocycles. The molecule has 0 aromatic heterocycles. The highest BCUT2D eigenvalue weighted by Gasteiger charge is 2.21. The maximum Gasteiger partial charge on any atom is 0.103 e. The zero-order valence-corrected chi connectivity index (χ0v) is 12.1. The van der Waals surface area contributed by atoms with Crippen LogP contribution in [-0.4, -0.2) is 36.6 Å². The summed E-state index contributed by atoms with van der Waals surface area (Å²) < 4.78 is 0. The zero-order chi connectivity index (χ0) is 13.1. The first-order valence-corrected chi connectivity index (χ1v) is 7.00. The summed E-state index contributed by atoms with van der Waals surface area (Å²) in [6.45, 7) is 12.8. The number of nitriles is 1. The SMILES string of the molecule is CCCCN(CC)CCCC(C)(C#N)NCC. The molecular formula is C14H29N3. The van der Waals surface area contributed by atoms with Gasteiger partial charge in [0, 0.05) is 0 Å². The fourth-order valence-corrected chi connectivity index (χ4v) is 2.04. The van der Waals surface area contributed by atoms with Crippen LogP contribution < -0.4 is 5.32 Å². The van der Waals surface area contributed by atoms with Crippen LogP contribution >= 0.6 is 0 Å². The van der Waals surface area contributed by atoms with Crippen molar-refractivity contribution < 1.29 is 0 Å². The van der Waals surface area contributed by atoms with E-state index in [2.05, 4.69) is 37.1 Å². The highest BCUT2D eigenvalue weighted by Crippen LogP contribution is 2.11. The van der Waals surface area contributed by atoms with Crippen LogP contribution in [0.4, 0.5) is 0 Å². The molecule has 0 rings (SSSR count). The Morgan fingerprint density at radius 2 is 1.82 bits per heavy atom. The molecule has 0 aliphatic carbocycles. The summed E-state index contributed by atoms with van der Waals surface area (Å²) in [6, 6.07) is 2.38. The monoisotopic (exact) mass is 239 g/mol. The lowest BCUT2D eigenvalue weighted by atomic mass is 9.97. The Hall–Kier alpha value is -0.590. The van der Waals surface area contributed by atoms with Crippen molar-refractivity contribution in [3.05, 3.63) is 0 Å². The van der Waals surface area contributed by atoms with E-state index in [0.29, 0.717) is 0 Å². The van der Waals surface area contributed by atoms with Gasteiger partial charge in [0.15, 0.2) is 0 Å². The molecule has 1 atom stereocenters. The standard InChI is InChI=1S/C14H29N3/c1-5-8-11-17(7-3)12-9-10-14(4,13-15)16-6-2/h16H,5-12H2,1-4H3. The van der Waals surface area contributed by atoms with E-state index in [-0.39, 0.29) is 5.54 Å². The molecule has 3 nitrogen and oxygen atoms in total. The zero-order valence-electron chi connectivity index (χ0n) is 12.1. The topological polar surface area (TPSA) is 39.1 Å². The van der Waals surface area contributed by atoms with Crippen molar-refractivity contribution >= 4 is 0 Å². The first-order chi connectivity index (χ1) is 8.11. The Labute approximate surface area is 107 Å². The van der Waals surface area contributed by atoms with Crippen LogP contribution in [0.3, 0.4) is 0 Å². The highest BCUT2D eigenvalue weighted by atomic mass is 15.1. The molecule has 17 heavy (non-hydrogen) atoms. The van der Waals surface area contributed by atoms with Crippen LogP contribution in [0.1, 0.15) is 53.4 Å². The van der Waals surface area contributed by atoms with Crippen molar-refractivity contribution in [2.75, 3.05) is 26.2 Å². The van der Waals surface area contributed by atoms with Gasteiger partial charge in [-0.2, -0.15) is 5.26 Å². The van der Waals surface area contributed by atoms with E-state index in [1.165, 1.54) is 19.4 Å². The fourth-order valence-electron chi connectivity index (χ4n) is 2.04. The molecular weight excluding hydrogens is 210 g/mol. The van der Waals surface area contributed by atoms with Crippen LogP contribution in [0.2, 0.25) is 0 Å². The Bertz CT molecular complexity index is 222. The third-order valence-electron chi connectivity index (χ3n) is 3.24. The number of nitrogens with zero attached hydrogens (tertiary/aromatic N) is 2. The van der Waals surface area contributed by atoms with Crippen molar-refractivity contribution in [2.24, 2.45) is 0 Å². The molecule has 0 radical (unpaired) electrons. The third-order valence-corrected chi connectivity index (χ3v) is 3.24. The Morgan fingerprint density at radius 3 is 2.29 bits per heavy atom. The number of nitrogens with one attached hydrogen (secondary N) is 1. The van der Waals surface area contributed by atoms with Crippen LogP contribution in [0.25, 0.3) is 0 Å². The van der Waals surface area contributed by atoms with Gasteiger partial charge in [0.25, 0.3) is 0 Å². The molecule has 0 amide bonds. The van der Waals surface area contributed by atoms with Crippen LogP contribution in [-0.2, 0) is 0 Å². The minimum Gasteiger partial charge on any atom is -0.304 e. The van der Waals surface area contributed by atoms with Crippen molar-refractivity contribution in [1.29, 1.82) is 5.26 Å². The van der Waals surface area contributed by atoms with E-state index in [9.17, 15) is 0 Å². The average molecular weight is 239 g/mol. The number of hydrogen-bond donors (Lipinski definition) is 1. The second-order valence-electron chi connectivity index (χ2n) is 4.87. The fraction of sp³-hybridized carbons (Fsp3) is 0.929. The average Bonchev–Trinajstić information content (AvgIpc) is 2.34. The van der Waals surface area contributed by atoms with Crippen molar-refractivity contribution in [2.45, 2.75) is 58.9 Å². The molecule has 0 saturated heterocycles. The maximum absolute atomic E-state index is 9.15. The number of rotatable bonds is 10. The van der Waals surface area contributed by atoms with Crippen molar-refractivity contribution in [3.8, 4) is 6.07 Å². The van der Waals surface area contributed by atoms with E-state index in [1.54, 1.807) is 0 Å². The van der Waals surface area contributed by atoms with Gasteiger partial charge in [-0.3, -0.25) is 5.32 Å². The van der Waals surface area contributed by atoms with Gasteiger partial charge in [0.1, 0.15) is 5.54 Å². The second-order valence-corrected chi connectivity index (χ2v) is 4.87. The molecule has 0 aliphatic rings. The molecule has 0 spiro atoms. The van der Waals surface area contributed by atoms with Crippen LogP contribution in [0.5, 0.6) is 0 Å². The first kappa shape index (κ1) is 16.4. The summed E-state index contributed by atoms with van der Waals surface area (Å²) in [5.41, 5.74) is -0.348. The maximum atomic E-state index is 9.15. The molecule has 0 heterocycles. The molecule has 0 aromatic rings. The van der Waals surface area contributed by atoms with Crippen molar-refractivity contribution in [3.63, 3.8) is 0 Å². The minimum absolute atomic E-state index is 0.348. The van der Waals surface area contributed by atoms with Crippen LogP contribution in [0, 0.1) is 11.3 Å². The number of unbranched alkanes of at least 4 members (excludes halogenated alkanes) is 1. The van der Waals surface area contributed by atoms with E-state index < -0.39 is 0 Å². The number of hydrogen-bond acceptors (Lipinski definition) is 3. The van der Waals surface area contributed by atoms with Crippen LogP contribution in [0.15, 0.2) is 0 Å². The second kappa shape index (κ2) is 9.44. The molecule has 0 aliphatic heterocycles. The molecule has 1 N–H and O–H groups in total. The molecule has 0 bridgehead atoms. The first-order valence-electron chi connectivity index (χ1n) is 7.00. The van der Waals surface area contributed by atoms with E-state index in [0.717, 1.165) is 32.5 Å². The largest absolute Gasteiger partial charge is 0.304 e. The van der Waals surface area contributed by atoms with E-state index in [4.69, 9.17) is 5.26 Å². The summed E-state index contributed by atoms with van der Waals surface area (Å²) in [7, 11) is 0. The summed E-state index contributed by atoms with van der Waals surface area (Å²) in [4.78, 5) is 2.48. The predicted molar refractivity (Wildman–Crippen MR) is 74.0 cm³/mol. The van der Waals surface area contributed by atoms with Crippen molar-refractivity contribution in [1.82, 2.24) is 10.2 Å². The van der Waals surface area contributed by atoms with Gasteiger partial charge < -0.3 is 4.90 Å². The molecule has 100 valence electrons. The highest BCUT2D eigenvalue weighted by molar-refractivity contribution is 5.03. The lowest BCUT2D eigenvalue weighted by Crippen LogP contribution is -2.41. The summed E-state index contributed by atoms with van der Waals surface area (Å²) in [6.07, 6.45) is 4.55.